The van der Waals surface area contributed by atoms with Gasteiger partial charge in [-0.1, -0.05) is 18.5 Å². The third-order valence-electron chi connectivity index (χ3n) is 4.80. The fourth-order valence-electron chi connectivity index (χ4n) is 3.33. The molecule has 0 saturated carbocycles. The van der Waals surface area contributed by atoms with Gasteiger partial charge in [-0.15, -0.1) is 0 Å². The van der Waals surface area contributed by atoms with E-state index in [1.807, 2.05) is 6.92 Å². The average Bonchev–Trinajstić information content (AvgIpc) is 2.63. The van der Waals surface area contributed by atoms with Crippen molar-refractivity contribution in [1.29, 1.82) is 0 Å². The molecule has 2 unspecified atom stereocenters. The van der Waals surface area contributed by atoms with E-state index < -0.39 is 17.8 Å². The van der Waals surface area contributed by atoms with Gasteiger partial charge in [-0.2, -0.15) is 4.98 Å². The summed E-state index contributed by atoms with van der Waals surface area (Å²) in [5.41, 5.74) is 0.550. The fraction of sp³-hybridized carbons (Fsp3) is 0.500. The number of nitrogens with zero attached hydrogens (tertiary/aromatic N) is 5. The molecule has 1 saturated heterocycles. The van der Waals surface area contributed by atoms with E-state index in [0.29, 0.717) is 29.8 Å². The molecule has 0 spiro atoms. The van der Waals surface area contributed by atoms with E-state index in [9.17, 15) is 19.8 Å². The van der Waals surface area contributed by atoms with Gasteiger partial charge in [-0.05, 0) is 18.6 Å². The Bertz CT molecular complexity index is 902. The molecule has 0 aliphatic carbocycles. The lowest BCUT2D eigenvalue weighted by Gasteiger charge is -2.45. The predicted octanol–water partition coefficient (Wildman–Crippen LogP) is 0.921. The molecule has 1 amide bonds. The van der Waals surface area contributed by atoms with Crippen molar-refractivity contribution in [3.8, 4) is 0 Å². The Kier molecular flexibility index (Phi) is 5.01. The Morgan fingerprint density at radius 1 is 1.31 bits per heavy atom. The Balaban J connectivity index is 2.15. The van der Waals surface area contributed by atoms with Gasteiger partial charge >= 0.3 is 11.8 Å². The second-order valence-electron chi connectivity index (χ2n) is 6.26. The van der Waals surface area contributed by atoms with Gasteiger partial charge in [-0.25, -0.2) is 14.6 Å². The SMILES string of the molecule is CCC1CN(c2nc(=O)n(C)c3ccc(Cl)nc23)C(CO)CN1C(=O)O. The second kappa shape index (κ2) is 7.08. The van der Waals surface area contributed by atoms with Crippen LogP contribution in [0.2, 0.25) is 5.15 Å². The monoisotopic (exact) mass is 381 g/mol. The van der Waals surface area contributed by atoms with E-state index in [1.54, 1.807) is 24.1 Å². The van der Waals surface area contributed by atoms with Gasteiger partial charge in [0.15, 0.2) is 5.82 Å². The number of carboxylic acid groups (broad SMARTS) is 1. The van der Waals surface area contributed by atoms with Crippen molar-refractivity contribution in [3.63, 3.8) is 0 Å². The zero-order chi connectivity index (χ0) is 19.0. The molecule has 1 aliphatic heterocycles. The lowest BCUT2D eigenvalue weighted by atomic mass is 10.0. The van der Waals surface area contributed by atoms with Crippen molar-refractivity contribution in [2.45, 2.75) is 25.4 Å². The van der Waals surface area contributed by atoms with Crippen molar-refractivity contribution in [1.82, 2.24) is 19.4 Å². The number of aromatic nitrogens is 3. The van der Waals surface area contributed by atoms with Crippen LogP contribution in [-0.4, -0.2) is 67.5 Å². The average molecular weight is 382 g/mol. The van der Waals surface area contributed by atoms with Crippen LogP contribution in [0, 0.1) is 0 Å². The molecule has 1 fully saturated rings. The molecular weight excluding hydrogens is 362 g/mol. The zero-order valence-electron chi connectivity index (χ0n) is 14.5. The number of aliphatic hydroxyl groups excluding tert-OH is 1. The summed E-state index contributed by atoms with van der Waals surface area (Å²) >= 11 is 6.03. The van der Waals surface area contributed by atoms with Gasteiger partial charge in [0.2, 0.25) is 0 Å². The lowest BCUT2D eigenvalue weighted by molar-refractivity contribution is 0.0949. The first-order valence-corrected chi connectivity index (χ1v) is 8.65. The lowest BCUT2D eigenvalue weighted by Crippen LogP contribution is -2.61. The van der Waals surface area contributed by atoms with E-state index in [4.69, 9.17) is 11.6 Å². The smallest absolute Gasteiger partial charge is 0.407 e. The van der Waals surface area contributed by atoms with Gasteiger partial charge in [0.05, 0.1) is 24.2 Å². The summed E-state index contributed by atoms with van der Waals surface area (Å²) in [6.07, 6.45) is -0.435. The summed E-state index contributed by atoms with van der Waals surface area (Å²) in [6.45, 7) is 2.03. The van der Waals surface area contributed by atoms with Crippen molar-refractivity contribution in [3.05, 3.63) is 27.8 Å². The summed E-state index contributed by atoms with van der Waals surface area (Å²) in [4.78, 5) is 35.3. The molecule has 10 heteroatoms. The highest BCUT2D eigenvalue weighted by Crippen LogP contribution is 2.28. The molecule has 140 valence electrons. The molecular formula is C16H20ClN5O4. The number of amides is 1. The topological polar surface area (TPSA) is 112 Å². The number of pyridine rings is 1. The molecule has 9 nitrogen and oxygen atoms in total. The highest BCUT2D eigenvalue weighted by Gasteiger charge is 2.37. The summed E-state index contributed by atoms with van der Waals surface area (Å²) < 4.78 is 1.38. The molecule has 26 heavy (non-hydrogen) atoms. The minimum Gasteiger partial charge on any atom is -0.465 e. The molecule has 1 aliphatic rings. The number of aryl methyl sites for hydroxylation is 1. The van der Waals surface area contributed by atoms with Gasteiger partial charge < -0.3 is 20.0 Å². The normalized spacial score (nSPS) is 20.6. The maximum absolute atomic E-state index is 12.3. The Hall–Kier alpha value is -2.39. The minimum atomic E-state index is -1.03. The van der Waals surface area contributed by atoms with Crippen LogP contribution in [0.1, 0.15) is 13.3 Å². The molecule has 2 N–H and O–H groups in total. The molecule has 0 radical (unpaired) electrons. The number of halogens is 1. The van der Waals surface area contributed by atoms with Crippen molar-refractivity contribution < 1.29 is 15.0 Å². The van der Waals surface area contributed by atoms with Crippen LogP contribution in [0.4, 0.5) is 10.6 Å². The number of fused-ring (bicyclic) bond motifs is 1. The maximum Gasteiger partial charge on any atom is 0.407 e. The molecule has 2 atom stereocenters. The highest BCUT2D eigenvalue weighted by molar-refractivity contribution is 6.29. The summed E-state index contributed by atoms with van der Waals surface area (Å²) in [5.74, 6) is 0.313. The summed E-state index contributed by atoms with van der Waals surface area (Å²) in [6, 6.07) is 2.47. The van der Waals surface area contributed by atoms with Crippen LogP contribution in [0.5, 0.6) is 0 Å². The Labute approximate surface area is 154 Å². The third-order valence-corrected chi connectivity index (χ3v) is 5.01. The number of piperazine rings is 1. The molecule has 2 aromatic heterocycles. The van der Waals surface area contributed by atoms with Gasteiger partial charge in [0.25, 0.3) is 0 Å². The van der Waals surface area contributed by atoms with Crippen LogP contribution in [0.15, 0.2) is 16.9 Å². The number of aliphatic hydroxyl groups is 1. The number of hydrogen-bond donors (Lipinski definition) is 2. The molecule has 0 aromatic carbocycles. The first kappa shape index (κ1) is 18.4. The van der Waals surface area contributed by atoms with E-state index in [0.717, 1.165) is 0 Å². The van der Waals surface area contributed by atoms with Gasteiger partial charge in [0.1, 0.15) is 10.7 Å². The minimum absolute atomic E-state index is 0.114. The van der Waals surface area contributed by atoms with E-state index in [1.165, 1.54) is 9.47 Å². The van der Waals surface area contributed by atoms with Gasteiger partial charge in [-0.3, -0.25) is 4.57 Å². The van der Waals surface area contributed by atoms with Crippen LogP contribution in [0.25, 0.3) is 11.0 Å². The first-order valence-electron chi connectivity index (χ1n) is 8.27. The number of rotatable bonds is 3. The quantitative estimate of drug-likeness (QED) is 0.760. The summed E-state index contributed by atoms with van der Waals surface area (Å²) in [7, 11) is 1.60. The zero-order valence-corrected chi connectivity index (χ0v) is 15.2. The number of carbonyl (C=O) groups is 1. The Morgan fingerprint density at radius 2 is 2.04 bits per heavy atom. The Morgan fingerprint density at radius 3 is 2.65 bits per heavy atom. The standard InChI is InChI=1S/C16H20ClN5O4/c1-3-9-6-21(10(8-23)7-22(9)16(25)26)14-13-11(4-5-12(17)18-13)20(2)15(24)19-14/h4-5,9-10,23H,3,6-8H2,1-2H3,(H,25,26). The fourth-order valence-corrected chi connectivity index (χ4v) is 3.48. The molecule has 3 rings (SSSR count). The van der Waals surface area contributed by atoms with Crippen LogP contribution >= 0.6 is 11.6 Å². The first-order chi connectivity index (χ1) is 12.4. The molecule has 3 heterocycles. The van der Waals surface area contributed by atoms with Crippen molar-refractivity contribution >= 4 is 34.5 Å². The number of anilines is 1. The summed E-state index contributed by atoms with van der Waals surface area (Å²) in [5, 5.41) is 19.5. The maximum atomic E-state index is 12.3. The van der Waals surface area contributed by atoms with E-state index in [2.05, 4.69) is 9.97 Å². The van der Waals surface area contributed by atoms with Crippen molar-refractivity contribution in [2.75, 3.05) is 24.6 Å². The van der Waals surface area contributed by atoms with Gasteiger partial charge in [0, 0.05) is 20.1 Å². The van der Waals surface area contributed by atoms with Crippen LogP contribution < -0.4 is 10.6 Å². The van der Waals surface area contributed by atoms with Crippen LogP contribution in [-0.2, 0) is 7.05 Å². The van der Waals surface area contributed by atoms with Crippen LogP contribution in [0.3, 0.4) is 0 Å². The number of hydrogen-bond acceptors (Lipinski definition) is 6. The predicted molar refractivity (Wildman–Crippen MR) is 96.8 cm³/mol. The van der Waals surface area contributed by atoms with Crippen molar-refractivity contribution in [2.24, 2.45) is 7.05 Å². The highest BCUT2D eigenvalue weighted by atomic mass is 35.5. The molecule has 0 bridgehead atoms. The second-order valence-corrected chi connectivity index (χ2v) is 6.65. The van der Waals surface area contributed by atoms with E-state index in [-0.39, 0.29) is 24.3 Å². The van der Waals surface area contributed by atoms with E-state index >= 15 is 0 Å². The molecule has 2 aromatic rings. The third kappa shape index (κ3) is 3.08. The largest absolute Gasteiger partial charge is 0.465 e.